The van der Waals surface area contributed by atoms with Crippen molar-refractivity contribution >= 4 is 5.91 Å². The third-order valence-electron chi connectivity index (χ3n) is 3.55. The zero-order valence-corrected chi connectivity index (χ0v) is 13.8. The minimum atomic E-state index is -0.356. The molecule has 0 unspecified atom stereocenters. The van der Waals surface area contributed by atoms with Gasteiger partial charge in [-0.1, -0.05) is 30.3 Å². The summed E-state index contributed by atoms with van der Waals surface area (Å²) in [5, 5.41) is 2.97. The van der Waals surface area contributed by atoms with Crippen LogP contribution < -0.4 is 10.9 Å². The summed E-state index contributed by atoms with van der Waals surface area (Å²) >= 11 is 0. The lowest BCUT2D eigenvalue weighted by atomic mass is 10.1. The van der Waals surface area contributed by atoms with Gasteiger partial charge in [-0.05, 0) is 45.1 Å². The molecule has 0 aliphatic carbocycles. The normalized spacial score (nSPS) is 12.2. The van der Waals surface area contributed by atoms with Crippen LogP contribution in [0.5, 0.6) is 0 Å². The monoisotopic (exact) mass is 313 g/mol. The Morgan fingerprint density at radius 2 is 1.87 bits per heavy atom. The standard InChI is InChI=1S/C18H23N3O2/c1-13-9-10-16(17(22)19-13)18(23)20-15(12-21(2)3)11-14-7-5-4-6-8-14/h4-10,15H,11-12H2,1-3H3,(H,19,22)(H,20,23)/t15-/m1/s1. The van der Waals surface area contributed by atoms with E-state index in [1.807, 2.05) is 49.3 Å². The van der Waals surface area contributed by atoms with E-state index < -0.39 is 0 Å². The number of nitrogens with zero attached hydrogens (tertiary/aromatic N) is 1. The first-order chi connectivity index (χ1) is 11.0. The van der Waals surface area contributed by atoms with Crippen LogP contribution in [0.15, 0.2) is 47.3 Å². The van der Waals surface area contributed by atoms with Crippen LogP contribution in [-0.2, 0) is 6.42 Å². The van der Waals surface area contributed by atoms with Crippen LogP contribution in [0.25, 0.3) is 0 Å². The van der Waals surface area contributed by atoms with Crippen LogP contribution in [-0.4, -0.2) is 42.5 Å². The maximum atomic E-state index is 12.4. The summed E-state index contributed by atoms with van der Waals surface area (Å²) in [6.45, 7) is 2.48. The number of H-pyrrole nitrogens is 1. The first kappa shape index (κ1) is 17.0. The fraction of sp³-hybridized carbons (Fsp3) is 0.333. The average molecular weight is 313 g/mol. The van der Waals surface area contributed by atoms with Gasteiger partial charge in [0.15, 0.2) is 0 Å². The number of amides is 1. The maximum absolute atomic E-state index is 12.4. The molecule has 0 saturated heterocycles. The highest BCUT2D eigenvalue weighted by molar-refractivity contribution is 5.94. The quantitative estimate of drug-likeness (QED) is 0.851. The molecule has 2 N–H and O–H groups in total. The van der Waals surface area contributed by atoms with E-state index in [0.29, 0.717) is 13.0 Å². The van der Waals surface area contributed by atoms with Crippen molar-refractivity contribution in [1.29, 1.82) is 0 Å². The van der Waals surface area contributed by atoms with Crippen molar-refractivity contribution in [2.24, 2.45) is 0 Å². The van der Waals surface area contributed by atoms with Gasteiger partial charge in [0.1, 0.15) is 5.56 Å². The Hall–Kier alpha value is -2.40. The van der Waals surface area contributed by atoms with Crippen molar-refractivity contribution in [1.82, 2.24) is 15.2 Å². The van der Waals surface area contributed by atoms with Crippen LogP contribution in [0.4, 0.5) is 0 Å². The van der Waals surface area contributed by atoms with Crippen LogP contribution in [0.2, 0.25) is 0 Å². The zero-order chi connectivity index (χ0) is 16.8. The van der Waals surface area contributed by atoms with E-state index in [0.717, 1.165) is 11.3 Å². The summed E-state index contributed by atoms with van der Waals surface area (Å²) in [7, 11) is 3.92. The number of benzene rings is 1. The van der Waals surface area contributed by atoms with Crippen molar-refractivity contribution < 1.29 is 4.79 Å². The van der Waals surface area contributed by atoms with E-state index in [-0.39, 0.29) is 23.1 Å². The Labute approximate surface area is 136 Å². The lowest BCUT2D eigenvalue weighted by Crippen LogP contribution is -2.44. The molecule has 122 valence electrons. The number of rotatable bonds is 6. The third kappa shape index (κ3) is 5.07. The number of aromatic amines is 1. The zero-order valence-electron chi connectivity index (χ0n) is 13.8. The van der Waals surface area contributed by atoms with E-state index in [2.05, 4.69) is 10.3 Å². The molecular weight excluding hydrogens is 290 g/mol. The predicted molar refractivity (Wildman–Crippen MR) is 91.8 cm³/mol. The van der Waals surface area contributed by atoms with Crippen molar-refractivity contribution in [2.75, 3.05) is 20.6 Å². The molecule has 1 amide bonds. The van der Waals surface area contributed by atoms with Crippen molar-refractivity contribution in [3.8, 4) is 0 Å². The summed E-state index contributed by atoms with van der Waals surface area (Å²) in [5.41, 5.74) is 1.68. The second kappa shape index (κ2) is 7.74. The Kier molecular flexibility index (Phi) is 5.71. The number of nitrogens with one attached hydrogen (secondary N) is 2. The number of likely N-dealkylation sites (N-methyl/N-ethyl adjacent to an activating group) is 1. The number of hydrogen-bond acceptors (Lipinski definition) is 3. The second-order valence-electron chi connectivity index (χ2n) is 6.01. The van der Waals surface area contributed by atoms with Gasteiger partial charge in [-0.25, -0.2) is 0 Å². The van der Waals surface area contributed by atoms with Gasteiger partial charge < -0.3 is 15.2 Å². The molecule has 0 aliphatic heterocycles. The fourth-order valence-electron chi connectivity index (χ4n) is 2.51. The van der Waals surface area contributed by atoms with Gasteiger partial charge >= 0.3 is 0 Å². The molecule has 5 heteroatoms. The number of pyridine rings is 1. The van der Waals surface area contributed by atoms with Crippen molar-refractivity contribution in [2.45, 2.75) is 19.4 Å². The molecule has 1 heterocycles. The predicted octanol–water partition coefficient (Wildman–Crippen LogP) is 1.59. The van der Waals surface area contributed by atoms with E-state index in [1.165, 1.54) is 0 Å². The van der Waals surface area contributed by atoms with Gasteiger partial charge in [0, 0.05) is 18.3 Å². The maximum Gasteiger partial charge on any atom is 0.260 e. The summed E-state index contributed by atoms with van der Waals surface area (Å²) in [4.78, 5) is 29.0. The molecule has 0 fully saturated rings. The van der Waals surface area contributed by atoms with Crippen LogP contribution >= 0.6 is 0 Å². The highest BCUT2D eigenvalue weighted by Gasteiger charge is 2.17. The van der Waals surface area contributed by atoms with Crippen LogP contribution in [0.1, 0.15) is 21.6 Å². The molecule has 2 rings (SSSR count). The molecule has 5 nitrogen and oxygen atoms in total. The Morgan fingerprint density at radius 1 is 1.17 bits per heavy atom. The number of carbonyl (C=O) groups is 1. The molecule has 2 aromatic rings. The number of hydrogen-bond donors (Lipinski definition) is 2. The smallest absolute Gasteiger partial charge is 0.260 e. The van der Waals surface area contributed by atoms with E-state index in [4.69, 9.17) is 0 Å². The molecule has 0 radical (unpaired) electrons. The van der Waals surface area contributed by atoms with Gasteiger partial charge in [-0.2, -0.15) is 0 Å². The van der Waals surface area contributed by atoms with E-state index in [1.54, 1.807) is 19.1 Å². The second-order valence-corrected chi connectivity index (χ2v) is 6.01. The van der Waals surface area contributed by atoms with Gasteiger partial charge in [0.05, 0.1) is 0 Å². The Morgan fingerprint density at radius 3 is 2.48 bits per heavy atom. The number of aryl methyl sites for hydroxylation is 1. The van der Waals surface area contributed by atoms with Gasteiger partial charge in [-0.15, -0.1) is 0 Å². The molecule has 0 aliphatic rings. The van der Waals surface area contributed by atoms with Gasteiger partial charge in [-0.3, -0.25) is 9.59 Å². The SMILES string of the molecule is Cc1ccc(C(=O)N[C@H](Cc2ccccc2)CN(C)C)c(=O)[nH]1. The number of aromatic nitrogens is 1. The fourth-order valence-corrected chi connectivity index (χ4v) is 2.51. The summed E-state index contributed by atoms with van der Waals surface area (Å²) < 4.78 is 0. The summed E-state index contributed by atoms with van der Waals surface area (Å²) in [6.07, 6.45) is 0.717. The average Bonchev–Trinajstić information content (AvgIpc) is 2.47. The summed E-state index contributed by atoms with van der Waals surface area (Å²) in [6, 6.07) is 13.2. The minimum Gasteiger partial charge on any atom is -0.348 e. The summed E-state index contributed by atoms with van der Waals surface area (Å²) in [5.74, 6) is -0.339. The Balaban J connectivity index is 2.13. The van der Waals surface area contributed by atoms with Crippen molar-refractivity contribution in [3.63, 3.8) is 0 Å². The van der Waals surface area contributed by atoms with Crippen LogP contribution in [0.3, 0.4) is 0 Å². The lowest BCUT2D eigenvalue weighted by Gasteiger charge is -2.22. The molecule has 0 bridgehead atoms. The highest BCUT2D eigenvalue weighted by atomic mass is 16.2. The molecular formula is C18H23N3O2. The molecule has 1 aromatic heterocycles. The molecule has 23 heavy (non-hydrogen) atoms. The van der Waals surface area contributed by atoms with Gasteiger partial charge in [0.2, 0.25) is 0 Å². The topological polar surface area (TPSA) is 65.2 Å². The molecule has 1 atom stereocenters. The van der Waals surface area contributed by atoms with Crippen LogP contribution in [0, 0.1) is 6.92 Å². The Bertz CT molecular complexity index is 708. The molecule has 0 saturated carbocycles. The first-order valence-corrected chi connectivity index (χ1v) is 7.65. The minimum absolute atomic E-state index is 0.0689. The first-order valence-electron chi connectivity index (χ1n) is 7.65. The molecule has 0 spiro atoms. The largest absolute Gasteiger partial charge is 0.348 e. The lowest BCUT2D eigenvalue weighted by molar-refractivity contribution is 0.0928. The van der Waals surface area contributed by atoms with E-state index in [9.17, 15) is 9.59 Å². The highest BCUT2D eigenvalue weighted by Crippen LogP contribution is 2.05. The van der Waals surface area contributed by atoms with Gasteiger partial charge in [0.25, 0.3) is 11.5 Å². The molecule has 1 aromatic carbocycles. The van der Waals surface area contributed by atoms with E-state index >= 15 is 0 Å². The van der Waals surface area contributed by atoms with Crippen molar-refractivity contribution in [3.05, 3.63) is 69.6 Å². The third-order valence-corrected chi connectivity index (χ3v) is 3.55. The number of carbonyl (C=O) groups excluding carboxylic acids is 1.